The lowest BCUT2D eigenvalue weighted by atomic mass is 10.1. The predicted octanol–water partition coefficient (Wildman–Crippen LogP) is 2.23. The fourth-order valence-electron chi connectivity index (χ4n) is 3.44. The monoisotopic (exact) mass is 381 g/mol. The van der Waals surface area contributed by atoms with Crippen LogP contribution in [0, 0.1) is 5.92 Å². The number of halogens is 1. The normalized spacial score (nSPS) is 20.2. The maximum absolute atomic E-state index is 12.2. The highest BCUT2D eigenvalue weighted by atomic mass is 35.5. The largest absolute Gasteiger partial charge is 0.378 e. The maximum atomic E-state index is 12.2. The second kappa shape index (κ2) is 10.5. The van der Waals surface area contributed by atoms with E-state index in [1.165, 1.54) is 0 Å². The minimum absolute atomic E-state index is 0. The van der Waals surface area contributed by atoms with Crippen LogP contribution >= 0.6 is 12.4 Å². The summed E-state index contributed by atoms with van der Waals surface area (Å²) in [6.45, 7) is 2.54. The van der Waals surface area contributed by atoms with Gasteiger partial charge in [-0.1, -0.05) is 25.0 Å². The molecule has 1 heterocycles. The number of ether oxygens (including phenoxy) is 1. The first-order chi connectivity index (χ1) is 12.2. The Labute approximate surface area is 160 Å². The molecule has 1 aromatic rings. The van der Waals surface area contributed by atoms with Crippen molar-refractivity contribution in [3.63, 3.8) is 0 Å². The zero-order chi connectivity index (χ0) is 17.5. The van der Waals surface area contributed by atoms with Gasteiger partial charge in [-0.2, -0.15) is 0 Å². The van der Waals surface area contributed by atoms with Gasteiger partial charge in [0.15, 0.2) is 0 Å². The van der Waals surface area contributed by atoms with Gasteiger partial charge in [-0.05, 0) is 30.5 Å². The van der Waals surface area contributed by atoms with Crippen molar-refractivity contribution in [3.05, 3.63) is 29.8 Å². The van der Waals surface area contributed by atoms with E-state index in [0.29, 0.717) is 26.2 Å². The number of carbonyl (C=O) groups excluding carboxylic acids is 2. The lowest BCUT2D eigenvalue weighted by Gasteiger charge is -2.23. The highest BCUT2D eigenvalue weighted by molar-refractivity contribution is 5.92. The van der Waals surface area contributed by atoms with Gasteiger partial charge in [-0.25, -0.2) is 0 Å². The number of amides is 2. The van der Waals surface area contributed by atoms with Crippen LogP contribution in [-0.2, 0) is 20.9 Å². The Hall–Kier alpha value is -1.63. The Balaban J connectivity index is 0.00000243. The molecule has 1 aromatic carbocycles. The molecule has 3 N–H and O–H groups in total. The molecule has 0 radical (unpaired) electrons. The van der Waals surface area contributed by atoms with Crippen molar-refractivity contribution in [2.75, 3.05) is 25.1 Å². The number of hydrogen-bond acceptors (Lipinski definition) is 4. The van der Waals surface area contributed by atoms with Crippen molar-refractivity contribution in [3.8, 4) is 0 Å². The van der Waals surface area contributed by atoms with Gasteiger partial charge in [0.1, 0.15) is 0 Å². The highest BCUT2D eigenvalue weighted by Crippen LogP contribution is 2.26. The number of hydrogen-bond donors (Lipinski definition) is 3. The molecule has 1 saturated heterocycles. The van der Waals surface area contributed by atoms with E-state index >= 15 is 0 Å². The number of carbonyl (C=O) groups is 2. The number of anilines is 1. The van der Waals surface area contributed by atoms with E-state index in [9.17, 15) is 9.59 Å². The average Bonchev–Trinajstić information content (AvgIpc) is 3.16. The second-order valence-corrected chi connectivity index (χ2v) is 6.88. The van der Waals surface area contributed by atoms with E-state index in [-0.39, 0.29) is 36.2 Å². The Kier molecular flexibility index (Phi) is 8.35. The molecule has 3 rings (SSSR count). The standard InChI is InChI=1S/C19H27N3O3.ClH/c23-18(11-17-13-25-9-8-20-17)21-12-14-4-3-7-16(10-14)22-19(24)15-5-1-2-6-15;/h3-4,7,10,15,17,20H,1-2,5-6,8-9,11-13H2,(H,21,23)(H,22,24);1H. The molecule has 0 aromatic heterocycles. The summed E-state index contributed by atoms with van der Waals surface area (Å²) < 4.78 is 5.36. The van der Waals surface area contributed by atoms with Crippen molar-refractivity contribution < 1.29 is 14.3 Å². The van der Waals surface area contributed by atoms with Crippen molar-refractivity contribution in [2.45, 2.75) is 44.7 Å². The van der Waals surface area contributed by atoms with Crippen LogP contribution in [-0.4, -0.2) is 37.6 Å². The minimum Gasteiger partial charge on any atom is -0.378 e. The highest BCUT2D eigenvalue weighted by Gasteiger charge is 2.22. The molecule has 6 nitrogen and oxygen atoms in total. The van der Waals surface area contributed by atoms with E-state index in [1.807, 2.05) is 24.3 Å². The van der Waals surface area contributed by atoms with Gasteiger partial charge in [0.2, 0.25) is 11.8 Å². The predicted molar refractivity (Wildman–Crippen MR) is 103 cm³/mol. The maximum Gasteiger partial charge on any atom is 0.227 e. The third kappa shape index (κ3) is 6.27. The SMILES string of the molecule is Cl.O=C(CC1COCCN1)NCc1cccc(NC(=O)C2CCCC2)c1. The van der Waals surface area contributed by atoms with Gasteiger partial charge >= 0.3 is 0 Å². The van der Waals surface area contributed by atoms with Crippen LogP contribution in [0.4, 0.5) is 5.69 Å². The first-order valence-corrected chi connectivity index (χ1v) is 9.18. The quantitative estimate of drug-likeness (QED) is 0.706. The molecular formula is C19H28ClN3O3. The van der Waals surface area contributed by atoms with E-state index < -0.39 is 0 Å². The molecule has 1 unspecified atom stereocenters. The summed E-state index contributed by atoms with van der Waals surface area (Å²) in [5, 5.41) is 9.21. The summed E-state index contributed by atoms with van der Waals surface area (Å²) in [5.74, 6) is 0.263. The zero-order valence-electron chi connectivity index (χ0n) is 15.0. The zero-order valence-corrected chi connectivity index (χ0v) is 15.8. The molecule has 1 atom stereocenters. The first-order valence-electron chi connectivity index (χ1n) is 9.18. The summed E-state index contributed by atoms with van der Waals surface area (Å²) in [6.07, 6.45) is 4.68. The van der Waals surface area contributed by atoms with Crippen LogP contribution in [0.3, 0.4) is 0 Å². The lowest BCUT2D eigenvalue weighted by molar-refractivity contribution is -0.122. The fourth-order valence-corrected chi connectivity index (χ4v) is 3.44. The molecule has 2 fully saturated rings. The molecular weight excluding hydrogens is 354 g/mol. The number of nitrogens with one attached hydrogen (secondary N) is 3. The second-order valence-electron chi connectivity index (χ2n) is 6.88. The van der Waals surface area contributed by atoms with Crippen molar-refractivity contribution in [1.82, 2.24) is 10.6 Å². The molecule has 1 aliphatic heterocycles. The van der Waals surface area contributed by atoms with Gasteiger partial charge in [-0.3, -0.25) is 9.59 Å². The van der Waals surface area contributed by atoms with E-state index in [1.54, 1.807) is 0 Å². The molecule has 0 bridgehead atoms. The summed E-state index contributed by atoms with van der Waals surface area (Å²) >= 11 is 0. The van der Waals surface area contributed by atoms with Crippen molar-refractivity contribution in [1.29, 1.82) is 0 Å². The Morgan fingerprint density at radius 1 is 1.23 bits per heavy atom. The van der Waals surface area contributed by atoms with Gasteiger partial charge in [0.25, 0.3) is 0 Å². The Morgan fingerprint density at radius 2 is 2.04 bits per heavy atom. The van der Waals surface area contributed by atoms with Crippen LogP contribution in [0.1, 0.15) is 37.7 Å². The summed E-state index contributed by atoms with van der Waals surface area (Å²) in [6, 6.07) is 7.76. The Bertz CT molecular complexity index is 599. The molecule has 0 spiro atoms. The molecule has 144 valence electrons. The third-order valence-electron chi connectivity index (χ3n) is 4.84. The molecule has 2 amide bonds. The Morgan fingerprint density at radius 3 is 2.77 bits per heavy atom. The van der Waals surface area contributed by atoms with E-state index in [4.69, 9.17) is 4.74 Å². The van der Waals surface area contributed by atoms with Gasteiger partial charge in [-0.15, -0.1) is 12.4 Å². The van der Waals surface area contributed by atoms with Crippen LogP contribution in [0.2, 0.25) is 0 Å². The molecule has 2 aliphatic rings. The average molecular weight is 382 g/mol. The smallest absolute Gasteiger partial charge is 0.227 e. The number of rotatable bonds is 6. The fraction of sp³-hybridized carbons (Fsp3) is 0.579. The summed E-state index contributed by atoms with van der Waals surface area (Å²) in [5.41, 5.74) is 1.77. The third-order valence-corrected chi connectivity index (χ3v) is 4.84. The lowest BCUT2D eigenvalue weighted by Crippen LogP contribution is -2.44. The number of benzene rings is 1. The van der Waals surface area contributed by atoms with Crippen molar-refractivity contribution in [2.24, 2.45) is 5.92 Å². The van der Waals surface area contributed by atoms with Gasteiger partial charge in [0, 0.05) is 37.2 Å². The van der Waals surface area contributed by atoms with Crippen LogP contribution in [0.25, 0.3) is 0 Å². The summed E-state index contributed by atoms with van der Waals surface area (Å²) in [7, 11) is 0. The first kappa shape index (κ1) is 20.7. The van der Waals surface area contributed by atoms with E-state index in [2.05, 4.69) is 16.0 Å². The topological polar surface area (TPSA) is 79.5 Å². The van der Waals surface area contributed by atoms with Gasteiger partial charge in [0.05, 0.1) is 13.2 Å². The van der Waals surface area contributed by atoms with E-state index in [0.717, 1.165) is 43.5 Å². The van der Waals surface area contributed by atoms with Crippen LogP contribution in [0.15, 0.2) is 24.3 Å². The minimum atomic E-state index is 0. The summed E-state index contributed by atoms with van der Waals surface area (Å²) in [4.78, 5) is 24.3. The van der Waals surface area contributed by atoms with Crippen LogP contribution in [0.5, 0.6) is 0 Å². The molecule has 26 heavy (non-hydrogen) atoms. The molecule has 1 aliphatic carbocycles. The number of morpholine rings is 1. The molecule has 7 heteroatoms. The van der Waals surface area contributed by atoms with Crippen molar-refractivity contribution >= 4 is 29.9 Å². The van der Waals surface area contributed by atoms with Gasteiger partial charge < -0.3 is 20.7 Å². The van der Waals surface area contributed by atoms with Crippen LogP contribution < -0.4 is 16.0 Å². The molecule has 1 saturated carbocycles.